The van der Waals surface area contributed by atoms with Gasteiger partial charge in [-0.1, -0.05) is 23.4 Å². The zero-order valence-electron chi connectivity index (χ0n) is 9.47. The fourth-order valence-electron chi connectivity index (χ4n) is 1.03. The van der Waals surface area contributed by atoms with Gasteiger partial charge in [-0.2, -0.15) is 0 Å². The van der Waals surface area contributed by atoms with Crippen molar-refractivity contribution in [1.82, 2.24) is 0 Å². The van der Waals surface area contributed by atoms with Crippen LogP contribution in [0.4, 0.5) is 0 Å². The predicted octanol–water partition coefficient (Wildman–Crippen LogP) is 3.44. The molecule has 1 aromatic carbocycles. The minimum Gasteiger partial charge on any atom is -0.478 e. The molecule has 1 aromatic rings. The molecule has 84 valence electrons. The smallest absolute Gasteiger partial charge is 0.337 e. The summed E-state index contributed by atoms with van der Waals surface area (Å²) in [5.74, 6) is 4.99. The van der Waals surface area contributed by atoms with Crippen molar-refractivity contribution < 1.29 is 9.90 Å². The van der Waals surface area contributed by atoms with Crippen LogP contribution >= 0.6 is 11.6 Å². The Balaban J connectivity index is 3.06. The number of carbonyl (C=O) groups is 1. The van der Waals surface area contributed by atoms with E-state index in [9.17, 15) is 4.79 Å². The van der Waals surface area contributed by atoms with Crippen molar-refractivity contribution >= 4 is 17.6 Å². The number of carboxylic acids is 1. The van der Waals surface area contributed by atoms with Gasteiger partial charge >= 0.3 is 5.97 Å². The second kappa shape index (κ2) is 4.59. The molecule has 0 spiro atoms. The molecule has 2 nitrogen and oxygen atoms in total. The molecule has 0 radical (unpaired) electrons. The fourth-order valence-corrected chi connectivity index (χ4v) is 1.29. The number of aromatic carboxylic acids is 1. The van der Waals surface area contributed by atoms with Gasteiger partial charge in [-0.15, -0.1) is 0 Å². The van der Waals surface area contributed by atoms with Crippen molar-refractivity contribution in [2.75, 3.05) is 0 Å². The summed E-state index contributed by atoms with van der Waals surface area (Å²) in [7, 11) is 0. The molecule has 0 fully saturated rings. The maximum Gasteiger partial charge on any atom is 0.337 e. The average molecular weight is 237 g/mol. The highest BCUT2D eigenvalue weighted by Gasteiger charge is 2.08. The molecule has 0 unspecified atom stereocenters. The van der Waals surface area contributed by atoms with Crippen LogP contribution in [-0.2, 0) is 0 Å². The molecule has 0 saturated heterocycles. The number of hydrogen-bond acceptors (Lipinski definition) is 1. The zero-order chi connectivity index (χ0) is 12.3. The summed E-state index contributed by atoms with van der Waals surface area (Å²) in [6.07, 6.45) is 0. The van der Waals surface area contributed by atoms with Crippen molar-refractivity contribution in [2.24, 2.45) is 5.41 Å². The molecule has 3 heteroatoms. The molecule has 0 amide bonds. The first-order valence-electron chi connectivity index (χ1n) is 4.85. The average Bonchev–Trinajstić information content (AvgIpc) is 2.13. The Hall–Kier alpha value is -1.46. The topological polar surface area (TPSA) is 37.3 Å². The standard InChI is InChI=1S/C13H13ClO2/c1-13(2,3)7-6-9-4-5-10(12(15)16)11(14)8-9/h4-5,8H,1-3H3,(H,15,16). The number of rotatable bonds is 1. The molecule has 1 rings (SSSR count). The molecule has 0 saturated carbocycles. The molecule has 0 aliphatic carbocycles. The lowest BCUT2D eigenvalue weighted by Crippen LogP contribution is -2.00. The molecule has 1 N–H and O–H groups in total. The van der Waals surface area contributed by atoms with Gasteiger partial charge in [0.1, 0.15) is 0 Å². The monoisotopic (exact) mass is 236 g/mol. The lowest BCUT2D eigenvalue weighted by molar-refractivity contribution is 0.0697. The summed E-state index contributed by atoms with van der Waals surface area (Å²) in [6.45, 7) is 6.02. The quantitative estimate of drug-likeness (QED) is 0.759. The Kier molecular flexibility index (Phi) is 3.62. The van der Waals surface area contributed by atoms with Gasteiger partial charge in [-0.25, -0.2) is 4.79 Å². The number of hydrogen-bond donors (Lipinski definition) is 1. The zero-order valence-corrected chi connectivity index (χ0v) is 10.2. The Morgan fingerprint density at radius 2 is 2.00 bits per heavy atom. The van der Waals surface area contributed by atoms with Crippen molar-refractivity contribution in [3.05, 3.63) is 34.3 Å². The van der Waals surface area contributed by atoms with E-state index >= 15 is 0 Å². The van der Waals surface area contributed by atoms with E-state index in [2.05, 4.69) is 11.8 Å². The van der Waals surface area contributed by atoms with Crippen molar-refractivity contribution in [3.63, 3.8) is 0 Å². The third-order valence-electron chi connectivity index (χ3n) is 1.78. The largest absolute Gasteiger partial charge is 0.478 e. The summed E-state index contributed by atoms with van der Waals surface area (Å²) in [6, 6.07) is 4.70. The van der Waals surface area contributed by atoms with E-state index in [4.69, 9.17) is 16.7 Å². The molecule has 16 heavy (non-hydrogen) atoms. The fraction of sp³-hybridized carbons (Fsp3) is 0.308. The lowest BCUT2D eigenvalue weighted by atomic mass is 9.97. The minimum atomic E-state index is -1.03. The first kappa shape index (κ1) is 12.6. The van der Waals surface area contributed by atoms with Crippen LogP contribution in [0.15, 0.2) is 18.2 Å². The molecular formula is C13H13ClO2. The van der Waals surface area contributed by atoms with E-state index < -0.39 is 5.97 Å². The number of carboxylic acid groups (broad SMARTS) is 1. The van der Waals surface area contributed by atoms with Gasteiger partial charge < -0.3 is 5.11 Å². The highest BCUT2D eigenvalue weighted by Crippen LogP contribution is 2.18. The van der Waals surface area contributed by atoms with Gasteiger partial charge in [-0.3, -0.25) is 0 Å². The first-order valence-corrected chi connectivity index (χ1v) is 5.23. The summed E-state index contributed by atoms with van der Waals surface area (Å²) >= 11 is 5.83. The van der Waals surface area contributed by atoms with Crippen molar-refractivity contribution in [3.8, 4) is 11.8 Å². The van der Waals surface area contributed by atoms with Gasteiger partial charge in [0.2, 0.25) is 0 Å². The van der Waals surface area contributed by atoms with Gasteiger partial charge in [0.05, 0.1) is 10.6 Å². The van der Waals surface area contributed by atoms with Crippen LogP contribution in [0.1, 0.15) is 36.7 Å². The van der Waals surface area contributed by atoms with Gasteiger partial charge in [0.15, 0.2) is 0 Å². The van der Waals surface area contributed by atoms with Crippen LogP contribution in [0, 0.1) is 17.3 Å². The molecule has 0 heterocycles. The number of halogens is 1. The Morgan fingerprint density at radius 1 is 1.38 bits per heavy atom. The van der Waals surface area contributed by atoms with E-state index in [-0.39, 0.29) is 16.0 Å². The van der Waals surface area contributed by atoms with E-state index in [1.165, 1.54) is 6.07 Å². The summed E-state index contributed by atoms with van der Waals surface area (Å²) in [5, 5.41) is 9.01. The Labute approximate surface area is 100 Å². The van der Waals surface area contributed by atoms with E-state index in [1.54, 1.807) is 12.1 Å². The summed E-state index contributed by atoms with van der Waals surface area (Å²) in [4.78, 5) is 10.7. The second-order valence-electron chi connectivity index (χ2n) is 4.50. The van der Waals surface area contributed by atoms with Crippen LogP contribution in [0.3, 0.4) is 0 Å². The van der Waals surface area contributed by atoms with Crippen LogP contribution in [-0.4, -0.2) is 11.1 Å². The van der Waals surface area contributed by atoms with Crippen LogP contribution in [0.25, 0.3) is 0 Å². The van der Waals surface area contributed by atoms with E-state index in [0.29, 0.717) is 0 Å². The summed E-state index contributed by atoms with van der Waals surface area (Å²) < 4.78 is 0. The summed E-state index contributed by atoms with van der Waals surface area (Å²) in [5.41, 5.74) is 0.741. The van der Waals surface area contributed by atoms with E-state index in [0.717, 1.165) is 5.56 Å². The van der Waals surface area contributed by atoms with E-state index in [1.807, 2.05) is 20.8 Å². The molecule has 0 bridgehead atoms. The maximum atomic E-state index is 10.7. The van der Waals surface area contributed by atoms with Crippen molar-refractivity contribution in [1.29, 1.82) is 0 Å². The highest BCUT2D eigenvalue weighted by molar-refractivity contribution is 6.33. The molecule has 0 aliphatic rings. The molecule has 0 atom stereocenters. The number of benzene rings is 1. The van der Waals surface area contributed by atoms with Crippen LogP contribution < -0.4 is 0 Å². The second-order valence-corrected chi connectivity index (χ2v) is 4.91. The third-order valence-corrected chi connectivity index (χ3v) is 2.09. The normalized spacial score (nSPS) is 10.5. The Morgan fingerprint density at radius 3 is 2.44 bits per heavy atom. The molecular weight excluding hydrogens is 224 g/mol. The van der Waals surface area contributed by atoms with Crippen molar-refractivity contribution in [2.45, 2.75) is 20.8 Å². The molecule has 0 aromatic heterocycles. The minimum absolute atomic E-state index is 0.0854. The Bertz CT molecular complexity index is 473. The maximum absolute atomic E-state index is 10.7. The van der Waals surface area contributed by atoms with Crippen LogP contribution in [0.2, 0.25) is 5.02 Å². The van der Waals surface area contributed by atoms with Crippen LogP contribution in [0.5, 0.6) is 0 Å². The first-order chi connectivity index (χ1) is 7.29. The lowest BCUT2D eigenvalue weighted by Gasteiger charge is -2.07. The highest BCUT2D eigenvalue weighted by atomic mass is 35.5. The van der Waals surface area contributed by atoms with Gasteiger partial charge in [-0.05, 0) is 39.0 Å². The van der Waals surface area contributed by atoms with Gasteiger partial charge in [0.25, 0.3) is 0 Å². The SMILES string of the molecule is CC(C)(C)C#Cc1ccc(C(=O)O)c(Cl)c1. The third kappa shape index (κ3) is 3.60. The predicted molar refractivity (Wildman–Crippen MR) is 64.7 cm³/mol. The molecule has 0 aliphatic heterocycles. The van der Waals surface area contributed by atoms with Gasteiger partial charge in [0, 0.05) is 11.0 Å².